The van der Waals surface area contributed by atoms with Crippen LogP contribution >= 0.6 is 0 Å². The summed E-state index contributed by atoms with van der Waals surface area (Å²) in [5, 5.41) is 15.4. The fourth-order valence-electron chi connectivity index (χ4n) is 1.90. The van der Waals surface area contributed by atoms with Gasteiger partial charge in [-0.25, -0.2) is 0 Å². The highest BCUT2D eigenvalue weighted by molar-refractivity contribution is 6.03. The molecule has 7 heteroatoms. The van der Waals surface area contributed by atoms with Gasteiger partial charge in [-0.05, 0) is 37.3 Å². The fraction of sp³-hybridized carbons (Fsp3) is 0.267. The van der Waals surface area contributed by atoms with Gasteiger partial charge in [0.25, 0.3) is 5.91 Å². The summed E-state index contributed by atoms with van der Waals surface area (Å²) in [7, 11) is 0. The molecule has 0 aliphatic rings. The number of carboxylic acid groups (broad SMARTS) is 1. The Hall–Kier alpha value is -2.83. The lowest BCUT2D eigenvalue weighted by molar-refractivity contribution is -0.137. The molecular weight excluding hydrogens is 286 g/mol. The predicted molar refractivity (Wildman–Crippen MR) is 80.0 cm³/mol. The van der Waals surface area contributed by atoms with Crippen molar-refractivity contribution in [3.8, 4) is 5.75 Å². The molecule has 2 aromatic rings. The second kappa shape index (κ2) is 7.26. The van der Waals surface area contributed by atoms with Gasteiger partial charge in [0.05, 0.1) is 19.6 Å². The van der Waals surface area contributed by atoms with Gasteiger partial charge in [-0.2, -0.15) is 5.10 Å². The topological polar surface area (TPSA) is 93.5 Å². The van der Waals surface area contributed by atoms with E-state index >= 15 is 0 Å². The maximum absolute atomic E-state index is 12.2. The molecule has 0 radical (unpaired) electrons. The van der Waals surface area contributed by atoms with Gasteiger partial charge in [-0.1, -0.05) is 0 Å². The van der Waals surface area contributed by atoms with E-state index in [1.807, 2.05) is 6.92 Å². The van der Waals surface area contributed by atoms with Crippen LogP contribution < -0.4 is 10.1 Å². The summed E-state index contributed by atoms with van der Waals surface area (Å²) in [5.74, 6) is -0.549. The third-order valence-corrected chi connectivity index (χ3v) is 2.91. The smallest absolute Gasteiger partial charge is 0.305 e. The lowest BCUT2D eigenvalue weighted by Crippen LogP contribution is -2.18. The van der Waals surface area contributed by atoms with E-state index in [2.05, 4.69) is 10.4 Å². The monoisotopic (exact) mass is 303 g/mol. The number of hydrogen-bond donors (Lipinski definition) is 2. The normalized spacial score (nSPS) is 10.2. The Labute approximate surface area is 127 Å². The number of anilines is 1. The van der Waals surface area contributed by atoms with Crippen LogP contribution in [0.3, 0.4) is 0 Å². The number of carboxylic acids is 1. The zero-order chi connectivity index (χ0) is 15.9. The average molecular weight is 303 g/mol. The second-order valence-corrected chi connectivity index (χ2v) is 4.49. The number of aryl methyl sites for hydroxylation is 1. The molecule has 22 heavy (non-hydrogen) atoms. The minimum atomic E-state index is -0.937. The first-order chi connectivity index (χ1) is 10.6. The molecule has 2 N–H and O–H groups in total. The van der Waals surface area contributed by atoms with Crippen LogP contribution in [-0.4, -0.2) is 33.4 Å². The number of aliphatic carboxylic acids is 1. The number of benzene rings is 1. The van der Waals surface area contributed by atoms with Gasteiger partial charge in [0.15, 0.2) is 0 Å². The number of hydrogen-bond acceptors (Lipinski definition) is 4. The van der Waals surface area contributed by atoms with Crippen LogP contribution in [0.1, 0.15) is 23.8 Å². The maximum Gasteiger partial charge on any atom is 0.305 e. The number of aromatic nitrogens is 2. The number of nitrogens with zero attached hydrogens (tertiary/aromatic N) is 2. The summed E-state index contributed by atoms with van der Waals surface area (Å²) >= 11 is 0. The molecule has 0 fully saturated rings. The Morgan fingerprint density at radius 1 is 1.27 bits per heavy atom. The first-order valence-electron chi connectivity index (χ1n) is 6.88. The van der Waals surface area contributed by atoms with Gasteiger partial charge in [-0.15, -0.1) is 0 Å². The molecule has 0 unspecified atom stereocenters. The molecule has 0 aliphatic heterocycles. The minimum Gasteiger partial charge on any atom is -0.494 e. The minimum absolute atomic E-state index is 0.0922. The lowest BCUT2D eigenvalue weighted by atomic mass is 10.3. The molecule has 0 aliphatic carbocycles. The summed E-state index contributed by atoms with van der Waals surface area (Å²) < 4.78 is 6.70. The molecule has 1 aromatic carbocycles. The third kappa shape index (κ3) is 4.08. The molecule has 7 nitrogen and oxygen atoms in total. The van der Waals surface area contributed by atoms with Gasteiger partial charge < -0.3 is 15.2 Å². The first-order valence-corrected chi connectivity index (χ1v) is 6.88. The molecule has 1 aromatic heterocycles. The SMILES string of the molecule is CCOc1ccc(NC(=O)c2ccnn2CCC(=O)O)cc1. The van der Waals surface area contributed by atoms with Gasteiger partial charge in [0.2, 0.25) is 0 Å². The van der Waals surface area contributed by atoms with E-state index in [0.29, 0.717) is 18.0 Å². The first kappa shape index (κ1) is 15.6. The molecule has 2 rings (SSSR count). The largest absolute Gasteiger partial charge is 0.494 e. The second-order valence-electron chi connectivity index (χ2n) is 4.49. The molecule has 0 saturated carbocycles. The molecule has 116 valence electrons. The van der Waals surface area contributed by atoms with Crippen molar-refractivity contribution in [2.24, 2.45) is 0 Å². The molecule has 0 spiro atoms. The highest BCUT2D eigenvalue weighted by Gasteiger charge is 2.13. The van der Waals surface area contributed by atoms with Crippen LogP contribution in [0.5, 0.6) is 5.75 Å². The number of rotatable bonds is 7. The molecule has 1 amide bonds. The van der Waals surface area contributed by atoms with Gasteiger partial charge in [0, 0.05) is 11.9 Å². The highest BCUT2D eigenvalue weighted by atomic mass is 16.5. The van der Waals surface area contributed by atoms with Crippen molar-refractivity contribution in [3.63, 3.8) is 0 Å². The van der Waals surface area contributed by atoms with Crippen LogP contribution in [-0.2, 0) is 11.3 Å². The average Bonchev–Trinajstić information content (AvgIpc) is 2.96. The fourth-order valence-corrected chi connectivity index (χ4v) is 1.90. The standard InChI is InChI=1S/C15H17N3O4/c1-2-22-12-5-3-11(4-6-12)17-15(21)13-7-9-16-18(13)10-8-14(19)20/h3-7,9H,2,8,10H2,1H3,(H,17,21)(H,19,20). The highest BCUT2D eigenvalue weighted by Crippen LogP contribution is 2.16. The Morgan fingerprint density at radius 3 is 2.64 bits per heavy atom. The van der Waals surface area contributed by atoms with Gasteiger partial charge in [-0.3, -0.25) is 14.3 Å². The molecular formula is C15H17N3O4. The quantitative estimate of drug-likeness (QED) is 0.816. The van der Waals surface area contributed by atoms with Crippen LogP contribution in [0, 0.1) is 0 Å². The van der Waals surface area contributed by atoms with Crippen molar-refractivity contribution >= 4 is 17.6 Å². The Kier molecular flexibility index (Phi) is 5.13. The summed E-state index contributed by atoms with van der Waals surface area (Å²) in [5.41, 5.74) is 0.939. The van der Waals surface area contributed by atoms with Gasteiger partial charge >= 0.3 is 5.97 Å². The summed E-state index contributed by atoms with van der Waals surface area (Å²) in [4.78, 5) is 22.8. The van der Waals surface area contributed by atoms with Crippen molar-refractivity contribution in [1.82, 2.24) is 9.78 Å². The van der Waals surface area contributed by atoms with E-state index in [0.717, 1.165) is 5.75 Å². The van der Waals surface area contributed by atoms with Crippen LogP contribution in [0.2, 0.25) is 0 Å². The summed E-state index contributed by atoms with van der Waals surface area (Å²) in [6.07, 6.45) is 1.37. The van der Waals surface area contributed by atoms with Crippen molar-refractivity contribution in [2.45, 2.75) is 19.9 Å². The number of carbonyl (C=O) groups excluding carboxylic acids is 1. The Morgan fingerprint density at radius 2 is 2.00 bits per heavy atom. The van der Waals surface area contributed by atoms with E-state index in [1.54, 1.807) is 30.3 Å². The molecule has 1 heterocycles. The number of ether oxygens (including phenoxy) is 1. The van der Waals surface area contributed by atoms with E-state index in [1.165, 1.54) is 10.9 Å². The van der Waals surface area contributed by atoms with Crippen LogP contribution in [0.15, 0.2) is 36.5 Å². The predicted octanol–water partition coefficient (Wildman–Crippen LogP) is 2.01. The molecule has 0 bridgehead atoms. The van der Waals surface area contributed by atoms with E-state index in [-0.39, 0.29) is 18.9 Å². The Bertz CT molecular complexity index is 649. The number of nitrogens with one attached hydrogen (secondary N) is 1. The third-order valence-electron chi connectivity index (χ3n) is 2.91. The van der Waals surface area contributed by atoms with Crippen LogP contribution in [0.4, 0.5) is 5.69 Å². The molecule has 0 atom stereocenters. The van der Waals surface area contributed by atoms with Crippen LogP contribution in [0.25, 0.3) is 0 Å². The van der Waals surface area contributed by atoms with E-state index in [9.17, 15) is 9.59 Å². The molecule has 0 saturated heterocycles. The zero-order valence-electron chi connectivity index (χ0n) is 12.2. The van der Waals surface area contributed by atoms with Crippen molar-refractivity contribution in [1.29, 1.82) is 0 Å². The maximum atomic E-state index is 12.2. The Balaban J connectivity index is 2.02. The lowest BCUT2D eigenvalue weighted by Gasteiger charge is -2.08. The summed E-state index contributed by atoms with van der Waals surface area (Å²) in [6.45, 7) is 2.62. The van der Waals surface area contributed by atoms with Crippen molar-refractivity contribution in [3.05, 3.63) is 42.2 Å². The van der Waals surface area contributed by atoms with Crippen molar-refractivity contribution in [2.75, 3.05) is 11.9 Å². The zero-order valence-corrected chi connectivity index (χ0v) is 12.2. The number of amides is 1. The van der Waals surface area contributed by atoms with Crippen molar-refractivity contribution < 1.29 is 19.4 Å². The van der Waals surface area contributed by atoms with Gasteiger partial charge in [0.1, 0.15) is 11.4 Å². The van der Waals surface area contributed by atoms with E-state index in [4.69, 9.17) is 9.84 Å². The number of carbonyl (C=O) groups is 2. The van der Waals surface area contributed by atoms with E-state index < -0.39 is 5.97 Å². The summed E-state index contributed by atoms with van der Waals surface area (Å²) in [6, 6.07) is 8.55.